The SMILES string of the molecule is CCCP(=O)(CCC)c1ccc(Nc2nc(C(C)C)nc3c2ncn3C=C(C)C)cc1. The number of nitrogens with one attached hydrogen (secondary N) is 1. The summed E-state index contributed by atoms with van der Waals surface area (Å²) < 4.78 is 15.4. The summed E-state index contributed by atoms with van der Waals surface area (Å²) >= 11 is 0. The fraction of sp³-hybridized carbons (Fsp3) is 0.458. The molecule has 0 saturated heterocycles. The molecular weight excluding hydrogens is 405 g/mol. The molecule has 0 saturated carbocycles. The number of hydrogen-bond acceptors (Lipinski definition) is 5. The zero-order valence-electron chi connectivity index (χ0n) is 19.5. The molecule has 3 rings (SSSR count). The van der Waals surface area contributed by atoms with Gasteiger partial charge in [0.25, 0.3) is 0 Å². The molecule has 166 valence electrons. The number of anilines is 2. The Bertz CT molecular complexity index is 1100. The van der Waals surface area contributed by atoms with Gasteiger partial charge < -0.3 is 9.88 Å². The lowest BCUT2D eigenvalue weighted by Crippen LogP contribution is -2.11. The summed E-state index contributed by atoms with van der Waals surface area (Å²) in [6, 6.07) is 7.97. The molecule has 0 unspecified atom stereocenters. The zero-order chi connectivity index (χ0) is 22.6. The van der Waals surface area contributed by atoms with E-state index in [1.54, 1.807) is 6.33 Å². The molecular formula is C24H34N5OP. The van der Waals surface area contributed by atoms with Gasteiger partial charge in [-0.25, -0.2) is 15.0 Å². The van der Waals surface area contributed by atoms with Gasteiger partial charge in [-0.1, -0.05) is 33.3 Å². The van der Waals surface area contributed by atoms with Gasteiger partial charge in [-0.15, -0.1) is 0 Å². The number of rotatable bonds is 9. The molecule has 0 fully saturated rings. The molecule has 0 bridgehead atoms. The average Bonchev–Trinajstić information content (AvgIpc) is 3.11. The Morgan fingerprint density at radius 3 is 2.29 bits per heavy atom. The smallest absolute Gasteiger partial charge is 0.169 e. The Kier molecular flexibility index (Phi) is 7.32. The molecule has 0 atom stereocenters. The van der Waals surface area contributed by atoms with Gasteiger partial charge in [0.15, 0.2) is 17.0 Å². The van der Waals surface area contributed by atoms with Crippen LogP contribution < -0.4 is 10.6 Å². The molecule has 0 spiro atoms. The molecule has 0 aliphatic carbocycles. The molecule has 0 aliphatic rings. The van der Waals surface area contributed by atoms with Crippen LogP contribution in [-0.4, -0.2) is 31.8 Å². The molecule has 1 N–H and O–H groups in total. The summed E-state index contributed by atoms with van der Waals surface area (Å²) in [5.74, 6) is 1.65. The van der Waals surface area contributed by atoms with Crippen molar-refractivity contribution in [2.24, 2.45) is 0 Å². The molecule has 0 radical (unpaired) electrons. The maximum Gasteiger partial charge on any atom is 0.169 e. The summed E-state index contributed by atoms with van der Waals surface area (Å²) in [4.78, 5) is 14.1. The van der Waals surface area contributed by atoms with Crippen LogP contribution in [0.5, 0.6) is 0 Å². The summed E-state index contributed by atoms with van der Waals surface area (Å²) in [7, 11) is -2.32. The molecule has 3 aromatic rings. The number of allylic oxidation sites excluding steroid dienone is 1. The molecule has 0 aliphatic heterocycles. The fourth-order valence-electron chi connectivity index (χ4n) is 3.70. The van der Waals surface area contributed by atoms with Crippen LogP contribution >= 0.6 is 7.14 Å². The van der Waals surface area contributed by atoms with Gasteiger partial charge in [-0.2, -0.15) is 0 Å². The van der Waals surface area contributed by atoms with E-state index in [9.17, 15) is 4.57 Å². The first-order valence-electron chi connectivity index (χ1n) is 11.1. The van der Waals surface area contributed by atoms with Crippen LogP contribution in [-0.2, 0) is 4.57 Å². The van der Waals surface area contributed by atoms with E-state index in [1.807, 2.05) is 48.9 Å². The van der Waals surface area contributed by atoms with Crippen LogP contribution in [0.15, 0.2) is 36.2 Å². The Hall–Kier alpha value is -2.46. The average molecular weight is 440 g/mol. The van der Waals surface area contributed by atoms with E-state index in [2.05, 4.69) is 38.0 Å². The monoisotopic (exact) mass is 439 g/mol. The van der Waals surface area contributed by atoms with Gasteiger partial charge in [0.1, 0.15) is 19.3 Å². The van der Waals surface area contributed by atoms with Crippen molar-refractivity contribution >= 4 is 41.3 Å². The second kappa shape index (κ2) is 9.78. The van der Waals surface area contributed by atoms with Crippen molar-refractivity contribution in [3.8, 4) is 0 Å². The molecule has 7 heteroatoms. The van der Waals surface area contributed by atoms with Crippen molar-refractivity contribution in [1.29, 1.82) is 0 Å². The molecule has 0 amide bonds. The third-order valence-corrected chi connectivity index (χ3v) is 8.70. The first-order chi connectivity index (χ1) is 14.8. The van der Waals surface area contributed by atoms with Crippen LogP contribution in [0.1, 0.15) is 66.1 Å². The predicted molar refractivity (Wildman–Crippen MR) is 132 cm³/mol. The standard InChI is InChI=1S/C24H34N5OP/c1-7-13-31(30,14-8-2)20-11-9-19(10-12-20)26-23-21-24(28-22(27-23)18(5)6)29(16-25-21)15-17(3)4/h9-12,15-16,18H,7-8,13-14H2,1-6H3,(H,26,27,28). The van der Waals surface area contributed by atoms with Crippen molar-refractivity contribution in [1.82, 2.24) is 19.5 Å². The van der Waals surface area contributed by atoms with Crippen molar-refractivity contribution in [2.75, 3.05) is 17.6 Å². The Balaban J connectivity index is 1.98. The van der Waals surface area contributed by atoms with E-state index in [0.29, 0.717) is 5.82 Å². The number of imidazole rings is 1. The van der Waals surface area contributed by atoms with E-state index in [0.717, 1.165) is 58.7 Å². The number of benzene rings is 1. The third-order valence-electron chi connectivity index (χ3n) is 5.12. The largest absolute Gasteiger partial charge is 0.338 e. The Morgan fingerprint density at radius 2 is 1.74 bits per heavy atom. The molecule has 1 aromatic carbocycles. The van der Waals surface area contributed by atoms with Crippen LogP contribution in [0.3, 0.4) is 0 Å². The van der Waals surface area contributed by atoms with E-state index in [1.165, 1.54) is 0 Å². The molecule has 2 aromatic heterocycles. The lowest BCUT2D eigenvalue weighted by molar-refractivity contribution is 0.579. The normalized spacial score (nSPS) is 11.8. The third kappa shape index (κ3) is 5.24. The summed E-state index contributed by atoms with van der Waals surface area (Å²) in [5.41, 5.74) is 3.58. The minimum atomic E-state index is -2.32. The summed E-state index contributed by atoms with van der Waals surface area (Å²) in [6.07, 6.45) is 7.19. The first kappa shape index (κ1) is 23.2. The Morgan fingerprint density at radius 1 is 1.10 bits per heavy atom. The second-order valence-corrected chi connectivity index (χ2v) is 11.8. The lowest BCUT2D eigenvalue weighted by atomic mass is 10.2. The topological polar surface area (TPSA) is 72.7 Å². The van der Waals surface area contributed by atoms with Gasteiger partial charge in [0.05, 0.1) is 0 Å². The fourth-order valence-corrected chi connectivity index (χ4v) is 6.57. The number of aromatic nitrogens is 4. The quantitative estimate of drug-likeness (QED) is 0.392. The van der Waals surface area contributed by atoms with E-state index >= 15 is 0 Å². The molecule has 2 heterocycles. The minimum Gasteiger partial charge on any atom is -0.338 e. The lowest BCUT2D eigenvalue weighted by Gasteiger charge is -2.18. The maximum atomic E-state index is 13.4. The predicted octanol–water partition coefficient (Wildman–Crippen LogP) is 6.38. The van der Waals surface area contributed by atoms with Gasteiger partial charge in [0.2, 0.25) is 0 Å². The first-order valence-corrected chi connectivity index (χ1v) is 13.2. The van der Waals surface area contributed by atoms with Crippen LogP contribution in [0.25, 0.3) is 17.4 Å². The van der Waals surface area contributed by atoms with Crippen LogP contribution in [0.2, 0.25) is 0 Å². The second-order valence-electron chi connectivity index (χ2n) is 8.62. The number of fused-ring (bicyclic) bond motifs is 1. The highest BCUT2D eigenvalue weighted by molar-refractivity contribution is 7.71. The van der Waals surface area contributed by atoms with Crippen molar-refractivity contribution < 1.29 is 4.57 Å². The summed E-state index contributed by atoms with van der Waals surface area (Å²) in [6.45, 7) is 12.5. The zero-order valence-corrected chi connectivity index (χ0v) is 20.4. The maximum absolute atomic E-state index is 13.4. The minimum absolute atomic E-state index is 0.191. The highest BCUT2D eigenvalue weighted by Crippen LogP contribution is 2.45. The van der Waals surface area contributed by atoms with Crippen LogP contribution in [0.4, 0.5) is 11.5 Å². The van der Waals surface area contributed by atoms with Crippen molar-refractivity contribution in [3.63, 3.8) is 0 Å². The van der Waals surface area contributed by atoms with Gasteiger partial charge in [-0.3, -0.25) is 4.57 Å². The summed E-state index contributed by atoms with van der Waals surface area (Å²) in [5, 5.41) is 4.38. The van der Waals surface area contributed by atoms with Gasteiger partial charge in [0, 0.05) is 35.4 Å². The van der Waals surface area contributed by atoms with E-state index < -0.39 is 7.14 Å². The number of nitrogens with zero attached hydrogens (tertiary/aromatic N) is 4. The van der Waals surface area contributed by atoms with E-state index in [-0.39, 0.29) is 5.92 Å². The van der Waals surface area contributed by atoms with Gasteiger partial charge in [-0.05, 0) is 51.0 Å². The Labute approximate surface area is 185 Å². The van der Waals surface area contributed by atoms with Crippen LogP contribution in [0, 0.1) is 0 Å². The number of hydrogen-bond donors (Lipinski definition) is 1. The molecule has 31 heavy (non-hydrogen) atoms. The van der Waals surface area contributed by atoms with Gasteiger partial charge >= 0.3 is 0 Å². The van der Waals surface area contributed by atoms with Crippen molar-refractivity contribution in [2.45, 2.75) is 60.3 Å². The highest BCUT2D eigenvalue weighted by Gasteiger charge is 2.22. The molecule has 6 nitrogen and oxygen atoms in total. The van der Waals surface area contributed by atoms with E-state index in [4.69, 9.17) is 9.97 Å². The van der Waals surface area contributed by atoms with Crippen molar-refractivity contribution in [3.05, 3.63) is 42.0 Å². The highest BCUT2D eigenvalue weighted by atomic mass is 31.2.